The number of benzene rings is 1. The summed E-state index contributed by atoms with van der Waals surface area (Å²) >= 11 is 0. The minimum atomic E-state index is -0.302. The van der Waals surface area contributed by atoms with Crippen molar-refractivity contribution in [3.05, 3.63) is 78.1 Å². The number of pyridine rings is 1. The summed E-state index contributed by atoms with van der Waals surface area (Å²) in [5.41, 5.74) is 1.79. The summed E-state index contributed by atoms with van der Waals surface area (Å²) < 4.78 is 18.8. The van der Waals surface area contributed by atoms with Crippen molar-refractivity contribution < 1.29 is 13.6 Å². The maximum atomic E-state index is 13.0. The van der Waals surface area contributed by atoms with Crippen LogP contribution >= 0.6 is 0 Å². The molecule has 5 heteroatoms. The van der Waals surface area contributed by atoms with E-state index in [1.54, 1.807) is 36.7 Å². The van der Waals surface area contributed by atoms with Crippen molar-refractivity contribution in [2.45, 2.75) is 25.4 Å². The zero-order valence-corrected chi connectivity index (χ0v) is 13.6. The van der Waals surface area contributed by atoms with Gasteiger partial charge in [0.25, 0.3) is 5.91 Å². The van der Waals surface area contributed by atoms with Gasteiger partial charge in [0.15, 0.2) is 5.76 Å². The quantitative estimate of drug-likeness (QED) is 0.698. The minimum absolute atomic E-state index is 0.118. The Hall–Kier alpha value is -2.95. The second kappa shape index (κ2) is 6.51. The molecule has 0 N–H and O–H groups in total. The molecule has 1 saturated carbocycles. The van der Waals surface area contributed by atoms with Crippen LogP contribution in [-0.4, -0.2) is 21.8 Å². The second-order valence-electron chi connectivity index (χ2n) is 6.19. The van der Waals surface area contributed by atoms with Gasteiger partial charge in [-0.05, 0) is 66.9 Å². The Kier molecular flexibility index (Phi) is 4.06. The van der Waals surface area contributed by atoms with Crippen molar-refractivity contribution in [1.29, 1.82) is 0 Å². The highest BCUT2D eigenvalue weighted by Gasteiger charge is 2.34. The third-order valence-corrected chi connectivity index (χ3v) is 4.30. The fraction of sp³-hybridized carbons (Fsp3) is 0.200. The molecule has 4 nitrogen and oxygen atoms in total. The molecule has 0 radical (unpaired) electrons. The number of aromatic nitrogens is 1. The van der Waals surface area contributed by atoms with Crippen LogP contribution in [0.15, 0.2) is 65.3 Å². The molecule has 0 saturated heterocycles. The molecule has 0 aliphatic heterocycles. The molecule has 1 aliphatic carbocycles. The maximum absolute atomic E-state index is 13.0. The molecule has 2 aromatic heterocycles. The molecule has 126 valence electrons. The number of hydrogen-bond donors (Lipinski definition) is 0. The monoisotopic (exact) mass is 336 g/mol. The summed E-state index contributed by atoms with van der Waals surface area (Å²) in [7, 11) is 0. The average molecular weight is 336 g/mol. The van der Waals surface area contributed by atoms with Gasteiger partial charge in [0.1, 0.15) is 11.6 Å². The predicted molar refractivity (Wildman–Crippen MR) is 91.2 cm³/mol. The summed E-state index contributed by atoms with van der Waals surface area (Å²) in [5, 5.41) is 0. The van der Waals surface area contributed by atoms with E-state index >= 15 is 0 Å². The second-order valence-corrected chi connectivity index (χ2v) is 6.19. The van der Waals surface area contributed by atoms with E-state index in [0.29, 0.717) is 18.1 Å². The Morgan fingerprint density at radius 3 is 2.48 bits per heavy atom. The fourth-order valence-electron chi connectivity index (χ4n) is 2.80. The summed E-state index contributed by atoms with van der Waals surface area (Å²) in [6.45, 7) is 0.540. The van der Waals surface area contributed by atoms with Crippen molar-refractivity contribution >= 4 is 5.91 Å². The molecule has 1 fully saturated rings. The Bertz CT molecular complexity index is 870. The number of rotatable bonds is 5. The molecule has 1 amide bonds. The van der Waals surface area contributed by atoms with Crippen LogP contribution in [-0.2, 0) is 6.54 Å². The van der Waals surface area contributed by atoms with Gasteiger partial charge in [0.05, 0.1) is 0 Å². The summed E-state index contributed by atoms with van der Waals surface area (Å²) in [5.74, 6) is 0.444. The van der Waals surface area contributed by atoms with E-state index in [2.05, 4.69) is 4.98 Å². The Labute approximate surface area is 144 Å². The SMILES string of the molecule is O=C(c1ccc(-c2ccc(F)cc2)o1)N(Cc1ccncc1)C1CC1. The van der Waals surface area contributed by atoms with E-state index in [4.69, 9.17) is 4.42 Å². The molecule has 0 atom stereocenters. The molecule has 4 rings (SSSR count). The van der Waals surface area contributed by atoms with Crippen LogP contribution in [0.25, 0.3) is 11.3 Å². The van der Waals surface area contributed by atoms with Crippen LogP contribution in [0.4, 0.5) is 4.39 Å². The van der Waals surface area contributed by atoms with Gasteiger partial charge < -0.3 is 9.32 Å². The van der Waals surface area contributed by atoms with Gasteiger partial charge in [-0.2, -0.15) is 0 Å². The number of halogens is 1. The Balaban J connectivity index is 1.55. The smallest absolute Gasteiger partial charge is 0.290 e. The molecule has 0 bridgehead atoms. The molecule has 0 spiro atoms. The van der Waals surface area contributed by atoms with Crippen molar-refractivity contribution in [3.8, 4) is 11.3 Å². The number of hydrogen-bond acceptors (Lipinski definition) is 3. The van der Waals surface area contributed by atoms with Crippen LogP contribution in [0.3, 0.4) is 0 Å². The van der Waals surface area contributed by atoms with Gasteiger partial charge in [-0.3, -0.25) is 9.78 Å². The first-order chi connectivity index (χ1) is 12.2. The number of carbonyl (C=O) groups excluding carboxylic acids is 1. The van der Waals surface area contributed by atoms with E-state index in [0.717, 1.165) is 24.0 Å². The maximum Gasteiger partial charge on any atom is 0.290 e. The molecule has 2 heterocycles. The van der Waals surface area contributed by atoms with Gasteiger partial charge in [-0.15, -0.1) is 0 Å². The average Bonchev–Trinajstić information content (AvgIpc) is 3.37. The lowest BCUT2D eigenvalue weighted by atomic mass is 10.2. The third kappa shape index (κ3) is 3.45. The number of amides is 1. The van der Waals surface area contributed by atoms with Gasteiger partial charge in [0.2, 0.25) is 0 Å². The van der Waals surface area contributed by atoms with E-state index < -0.39 is 0 Å². The van der Waals surface area contributed by atoms with Crippen LogP contribution in [0.5, 0.6) is 0 Å². The van der Waals surface area contributed by atoms with Crippen molar-refractivity contribution in [1.82, 2.24) is 9.88 Å². The van der Waals surface area contributed by atoms with Crippen molar-refractivity contribution in [2.75, 3.05) is 0 Å². The van der Waals surface area contributed by atoms with Gasteiger partial charge in [-0.1, -0.05) is 0 Å². The predicted octanol–water partition coefficient (Wildman–Crippen LogP) is 4.29. The zero-order chi connectivity index (χ0) is 17.2. The van der Waals surface area contributed by atoms with E-state index in [1.807, 2.05) is 17.0 Å². The normalized spacial score (nSPS) is 13.6. The molecule has 1 aromatic carbocycles. The lowest BCUT2D eigenvalue weighted by molar-refractivity contribution is 0.0698. The number of furan rings is 1. The van der Waals surface area contributed by atoms with E-state index in [-0.39, 0.29) is 17.8 Å². The van der Waals surface area contributed by atoms with Crippen molar-refractivity contribution in [3.63, 3.8) is 0 Å². The zero-order valence-electron chi connectivity index (χ0n) is 13.6. The Morgan fingerprint density at radius 2 is 1.80 bits per heavy atom. The highest BCUT2D eigenvalue weighted by molar-refractivity contribution is 5.92. The minimum Gasteiger partial charge on any atom is -0.451 e. The number of carbonyl (C=O) groups is 1. The standard InChI is InChI=1S/C20H17FN2O2/c21-16-3-1-15(2-4-16)18-7-8-19(25-18)20(24)23(17-5-6-17)13-14-9-11-22-12-10-14/h1-4,7-12,17H,5-6,13H2. The fourth-order valence-corrected chi connectivity index (χ4v) is 2.80. The van der Waals surface area contributed by atoms with Crippen LogP contribution < -0.4 is 0 Å². The van der Waals surface area contributed by atoms with Gasteiger partial charge >= 0.3 is 0 Å². The van der Waals surface area contributed by atoms with Crippen LogP contribution in [0.2, 0.25) is 0 Å². The molecule has 25 heavy (non-hydrogen) atoms. The summed E-state index contributed by atoms with van der Waals surface area (Å²) in [6, 6.07) is 13.5. The summed E-state index contributed by atoms with van der Waals surface area (Å²) in [4.78, 5) is 18.7. The van der Waals surface area contributed by atoms with E-state index in [1.165, 1.54) is 12.1 Å². The first-order valence-corrected chi connectivity index (χ1v) is 8.26. The van der Waals surface area contributed by atoms with Crippen LogP contribution in [0, 0.1) is 5.82 Å². The summed E-state index contributed by atoms with van der Waals surface area (Å²) in [6.07, 6.45) is 5.49. The lowest BCUT2D eigenvalue weighted by Crippen LogP contribution is -2.32. The largest absolute Gasteiger partial charge is 0.451 e. The molecule has 3 aromatic rings. The number of nitrogens with zero attached hydrogens (tertiary/aromatic N) is 2. The highest BCUT2D eigenvalue weighted by atomic mass is 19.1. The highest BCUT2D eigenvalue weighted by Crippen LogP contribution is 2.31. The first-order valence-electron chi connectivity index (χ1n) is 8.26. The topological polar surface area (TPSA) is 46.3 Å². The molecule has 0 unspecified atom stereocenters. The molecule has 1 aliphatic rings. The third-order valence-electron chi connectivity index (χ3n) is 4.30. The van der Waals surface area contributed by atoms with Gasteiger partial charge in [-0.25, -0.2) is 4.39 Å². The Morgan fingerprint density at radius 1 is 1.08 bits per heavy atom. The first kappa shape index (κ1) is 15.6. The molecular weight excluding hydrogens is 319 g/mol. The lowest BCUT2D eigenvalue weighted by Gasteiger charge is -2.21. The van der Waals surface area contributed by atoms with Crippen LogP contribution in [0.1, 0.15) is 29.0 Å². The van der Waals surface area contributed by atoms with Crippen molar-refractivity contribution in [2.24, 2.45) is 0 Å². The van der Waals surface area contributed by atoms with Gasteiger partial charge in [0, 0.05) is 30.5 Å². The van der Waals surface area contributed by atoms with E-state index in [9.17, 15) is 9.18 Å². The molecular formula is C20H17FN2O2.